The van der Waals surface area contributed by atoms with Gasteiger partial charge in [-0.05, 0) is 89.3 Å². The van der Waals surface area contributed by atoms with E-state index in [2.05, 4.69) is 69.1 Å². The fraction of sp³-hybridized carbons (Fsp3) is 0.409. The summed E-state index contributed by atoms with van der Waals surface area (Å²) in [7, 11) is 1.30. The van der Waals surface area contributed by atoms with E-state index in [1.807, 2.05) is 49.5 Å². The molecule has 2 bridgehead atoms. The average Bonchev–Trinajstić information content (AvgIpc) is 4.07. The van der Waals surface area contributed by atoms with Crippen LogP contribution in [0.2, 0.25) is 0 Å². The summed E-state index contributed by atoms with van der Waals surface area (Å²) in [6.07, 6.45) is 12.7. The Labute approximate surface area is 322 Å². The molecule has 55 heavy (non-hydrogen) atoms. The van der Waals surface area contributed by atoms with E-state index in [0.29, 0.717) is 24.9 Å². The number of aromatic amines is 1. The number of ether oxygens (including phenoxy) is 1. The lowest BCUT2D eigenvalue weighted by Crippen LogP contribution is -2.51. The van der Waals surface area contributed by atoms with E-state index in [-0.39, 0.29) is 35.6 Å². The Morgan fingerprint density at radius 3 is 2.36 bits per heavy atom. The number of allylic oxidation sites excluding steroid dienone is 1. The van der Waals surface area contributed by atoms with Gasteiger partial charge in [0.1, 0.15) is 11.9 Å². The fourth-order valence-electron chi connectivity index (χ4n) is 9.35. The number of fused-ring (bicyclic) bond motifs is 2. The van der Waals surface area contributed by atoms with Crippen molar-refractivity contribution in [3.63, 3.8) is 0 Å². The van der Waals surface area contributed by atoms with Crippen molar-refractivity contribution in [2.75, 3.05) is 13.7 Å². The second-order valence-corrected chi connectivity index (χ2v) is 15.8. The van der Waals surface area contributed by atoms with Gasteiger partial charge in [-0.3, -0.25) is 19.6 Å². The van der Waals surface area contributed by atoms with Crippen molar-refractivity contribution in [3.05, 3.63) is 102 Å². The smallest absolute Gasteiger partial charge is 0.407 e. The highest BCUT2D eigenvalue weighted by atomic mass is 16.5. The summed E-state index contributed by atoms with van der Waals surface area (Å²) in [6, 6.07) is 20.1. The highest BCUT2D eigenvalue weighted by Crippen LogP contribution is 2.54. The molecule has 4 heterocycles. The lowest BCUT2D eigenvalue weighted by Gasteiger charge is -2.30. The molecule has 2 aliphatic carbocycles. The van der Waals surface area contributed by atoms with Crippen LogP contribution in [0.15, 0.2) is 90.4 Å². The number of nitrogens with one attached hydrogen (secondary N) is 3. The van der Waals surface area contributed by atoms with Crippen LogP contribution in [0.1, 0.15) is 75.4 Å². The van der Waals surface area contributed by atoms with Crippen molar-refractivity contribution >= 4 is 29.2 Å². The summed E-state index contributed by atoms with van der Waals surface area (Å²) in [4.78, 5) is 58.1. The molecule has 1 unspecified atom stereocenters. The maximum absolute atomic E-state index is 13.5. The summed E-state index contributed by atoms with van der Waals surface area (Å²) in [6.45, 7) is 4.94. The normalized spacial score (nSPS) is 23.4. The van der Waals surface area contributed by atoms with Crippen LogP contribution in [-0.4, -0.2) is 63.2 Å². The van der Waals surface area contributed by atoms with Crippen molar-refractivity contribution in [1.82, 2.24) is 30.5 Å². The molecule has 1 saturated heterocycles. The standard InChI is InChI=1S/C44H49N7O4/c1-26(2)40(50-44(54)55-3)43(53)51-19-5-7-37(51)41-47-25-36(49-41)31-14-12-29(13-15-31)28-8-10-30(11-9-28)34-21-35(46-24-34)38-32-16-17-33(20-32)39(38)42(52)48-23-27-6-4-18-45-22-27/h4,6,8-15,18,22,24-26,32-33,37-40H,5,7,16-17,19-21,23H2,1-3H3,(H,47,49)(H,48,52)(H,50,54)/t32-,33+,37-,38?,39+,40-/m0/s1. The molecule has 284 valence electrons. The molecule has 3 fully saturated rings. The van der Waals surface area contributed by atoms with Gasteiger partial charge in [-0.2, -0.15) is 0 Å². The molecule has 4 aliphatic rings. The van der Waals surface area contributed by atoms with Crippen molar-refractivity contribution in [1.29, 1.82) is 0 Å². The number of pyridine rings is 1. The lowest BCUT2D eigenvalue weighted by atomic mass is 9.75. The SMILES string of the molecule is COC(=O)N[C@H](C(=O)N1CCC[C@H]1c1ncc(-c2ccc(-c3ccc(C4=CN=C(C5[C@H]6CC[C@H](C6)[C@H]5C(=O)NCc5cccnc5)C4)cc3)cc2)[nH]1)C(C)C. The minimum atomic E-state index is -0.673. The average molecular weight is 740 g/mol. The monoisotopic (exact) mass is 739 g/mol. The van der Waals surface area contributed by atoms with E-state index < -0.39 is 12.1 Å². The number of rotatable bonds is 11. The first-order chi connectivity index (χ1) is 26.8. The molecule has 8 rings (SSSR count). The van der Waals surface area contributed by atoms with E-state index in [4.69, 9.17) is 14.7 Å². The Morgan fingerprint density at radius 1 is 0.927 bits per heavy atom. The molecule has 3 amide bonds. The molecule has 2 aliphatic heterocycles. The van der Waals surface area contributed by atoms with Gasteiger partial charge in [-0.25, -0.2) is 9.78 Å². The van der Waals surface area contributed by atoms with Gasteiger partial charge in [0.05, 0.1) is 25.0 Å². The Hall–Kier alpha value is -5.58. The number of alkyl carbamates (subject to hydrolysis) is 1. The number of H-pyrrole nitrogens is 1. The van der Waals surface area contributed by atoms with Gasteiger partial charge in [0.25, 0.3) is 0 Å². The molecule has 2 saturated carbocycles. The van der Waals surface area contributed by atoms with Crippen LogP contribution in [0.4, 0.5) is 4.79 Å². The summed E-state index contributed by atoms with van der Waals surface area (Å²) in [5.74, 6) is 1.84. The molecule has 0 radical (unpaired) electrons. The van der Waals surface area contributed by atoms with Crippen LogP contribution in [0.25, 0.3) is 28.0 Å². The number of carbonyl (C=O) groups is 3. The maximum atomic E-state index is 13.5. The number of carbonyl (C=O) groups excluding carboxylic acids is 3. The Bertz CT molecular complexity index is 2090. The number of amides is 3. The van der Waals surface area contributed by atoms with Crippen LogP contribution in [-0.2, 0) is 20.9 Å². The molecule has 4 aromatic rings. The predicted molar refractivity (Wildman–Crippen MR) is 211 cm³/mol. The van der Waals surface area contributed by atoms with Crippen LogP contribution >= 0.6 is 0 Å². The molecule has 0 spiro atoms. The second-order valence-electron chi connectivity index (χ2n) is 15.8. The first kappa shape index (κ1) is 36.4. The van der Waals surface area contributed by atoms with Crippen LogP contribution in [0.5, 0.6) is 0 Å². The molecule has 11 nitrogen and oxygen atoms in total. The zero-order valence-electron chi connectivity index (χ0n) is 31.7. The summed E-state index contributed by atoms with van der Waals surface area (Å²) < 4.78 is 4.76. The fourth-order valence-corrected chi connectivity index (χ4v) is 9.35. The highest BCUT2D eigenvalue weighted by Gasteiger charge is 2.52. The number of hydrogen-bond acceptors (Lipinski definition) is 7. The van der Waals surface area contributed by atoms with Crippen LogP contribution < -0.4 is 10.6 Å². The zero-order chi connectivity index (χ0) is 38.1. The Balaban J connectivity index is 0.889. The van der Waals surface area contributed by atoms with Crippen molar-refractivity contribution in [2.24, 2.45) is 34.6 Å². The zero-order valence-corrected chi connectivity index (χ0v) is 31.7. The van der Waals surface area contributed by atoms with Crippen molar-refractivity contribution in [2.45, 2.75) is 71.0 Å². The van der Waals surface area contributed by atoms with Gasteiger partial charge in [-0.15, -0.1) is 0 Å². The summed E-state index contributed by atoms with van der Waals surface area (Å²) in [5, 5.41) is 5.91. The van der Waals surface area contributed by atoms with Gasteiger partial charge < -0.3 is 25.3 Å². The van der Waals surface area contributed by atoms with Gasteiger partial charge in [0, 0.05) is 55.7 Å². The van der Waals surface area contributed by atoms with Gasteiger partial charge in [0.15, 0.2) is 0 Å². The molecule has 2 aromatic carbocycles. The molecule has 11 heteroatoms. The van der Waals surface area contributed by atoms with Gasteiger partial charge >= 0.3 is 6.09 Å². The number of hydrogen-bond donors (Lipinski definition) is 3. The van der Waals surface area contributed by atoms with E-state index in [1.165, 1.54) is 19.1 Å². The number of aliphatic imine (C=N–C) groups is 1. The molecule has 3 N–H and O–H groups in total. The summed E-state index contributed by atoms with van der Waals surface area (Å²) >= 11 is 0. The first-order valence-electron chi connectivity index (χ1n) is 19.6. The van der Waals surface area contributed by atoms with Gasteiger partial charge in [-0.1, -0.05) is 68.4 Å². The van der Waals surface area contributed by atoms with E-state index in [1.54, 1.807) is 6.20 Å². The number of nitrogens with zero attached hydrogens (tertiary/aromatic N) is 4. The lowest BCUT2D eigenvalue weighted by molar-refractivity contribution is -0.135. The Kier molecular flexibility index (Phi) is 10.4. The predicted octanol–water partition coefficient (Wildman–Crippen LogP) is 7.35. The third kappa shape index (κ3) is 7.44. The second kappa shape index (κ2) is 15.6. The van der Waals surface area contributed by atoms with E-state index in [0.717, 1.165) is 77.2 Å². The highest BCUT2D eigenvalue weighted by molar-refractivity contribution is 6.02. The number of methoxy groups -OCH3 is 1. The molecule has 6 atom stereocenters. The third-order valence-corrected chi connectivity index (χ3v) is 12.2. The van der Waals surface area contributed by atoms with E-state index in [9.17, 15) is 14.4 Å². The number of aromatic nitrogens is 3. The minimum Gasteiger partial charge on any atom is -0.453 e. The van der Waals surface area contributed by atoms with Crippen LogP contribution in [0, 0.1) is 29.6 Å². The molecule has 2 aromatic heterocycles. The third-order valence-electron chi connectivity index (χ3n) is 12.2. The van der Waals surface area contributed by atoms with Crippen molar-refractivity contribution in [3.8, 4) is 22.4 Å². The number of benzene rings is 2. The van der Waals surface area contributed by atoms with Crippen molar-refractivity contribution < 1.29 is 19.1 Å². The molecular formula is C44H49N7O4. The van der Waals surface area contributed by atoms with Gasteiger partial charge in [0.2, 0.25) is 11.8 Å². The Morgan fingerprint density at radius 2 is 1.65 bits per heavy atom. The van der Waals surface area contributed by atoms with E-state index >= 15 is 0 Å². The quantitative estimate of drug-likeness (QED) is 0.147. The minimum absolute atomic E-state index is 0.0125. The van der Waals surface area contributed by atoms with Crippen LogP contribution in [0.3, 0.4) is 0 Å². The number of imidazole rings is 1. The first-order valence-corrected chi connectivity index (χ1v) is 19.6. The topological polar surface area (TPSA) is 142 Å². The molecular weight excluding hydrogens is 691 g/mol. The number of likely N-dealkylation sites (tertiary alicyclic amines) is 1. The largest absolute Gasteiger partial charge is 0.453 e. The summed E-state index contributed by atoms with van der Waals surface area (Å²) in [5.41, 5.74) is 8.66. The maximum Gasteiger partial charge on any atom is 0.407 e.